The minimum Gasteiger partial charge on any atom is -0.289 e. The van der Waals surface area contributed by atoms with E-state index in [1.54, 1.807) is 13.0 Å². The predicted molar refractivity (Wildman–Crippen MR) is 73.4 cm³/mol. The van der Waals surface area contributed by atoms with Crippen LogP contribution >= 0.6 is 15.9 Å². The number of halogens is 2. The van der Waals surface area contributed by atoms with Crippen molar-refractivity contribution in [1.29, 1.82) is 0 Å². The molecule has 0 heterocycles. The van der Waals surface area contributed by atoms with Crippen LogP contribution in [-0.4, -0.2) is 5.78 Å². The predicted octanol–water partition coefficient (Wildman–Crippen LogP) is 4.44. The van der Waals surface area contributed by atoms with Gasteiger partial charge in [-0.15, -0.1) is 0 Å². The molecular weight excluding hydrogens is 295 g/mol. The molecule has 3 heteroatoms. The highest BCUT2D eigenvalue weighted by molar-refractivity contribution is 9.10. The number of hydrogen-bond donors (Lipinski definition) is 0. The third-order valence-electron chi connectivity index (χ3n) is 2.87. The monoisotopic (exact) mass is 306 g/mol. The standard InChI is InChI=1S/C15H12BrFO/c1-9-7-11(16)3-5-13(9)15(18)14-6-4-12(17)8-10(14)2/h3-8H,1-2H3. The molecule has 0 aliphatic heterocycles. The normalized spacial score (nSPS) is 10.4. The van der Waals surface area contributed by atoms with Crippen molar-refractivity contribution in [3.05, 3.63) is 68.9 Å². The van der Waals surface area contributed by atoms with Gasteiger partial charge in [0.25, 0.3) is 0 Å². The van der Waals surface area contributed by atoms with Crippen molar-refractivity contribution >= 4 is 21.7 Å². The van der Waals surface area contributed by atoms with Gasteiger partial charge in [0, 0.05) is 15.6 Å². The maximum Gasteiger partial charge on any atom is 0.193 e. The second kappa shape index (κ2) is 5.02. The second-order valence-electron chi connectivity index (χ2n) is 4.25. The van der Waals surface area contributed by atoms with Crippen LogP contribution in [0.15, 0.2) is 40.9 Å². The van der Waals surface area contributed by atoms with Crippen molar-refractivity contribution in [3.63, 3.8) is 0 Å². The van der Waals surface area contributed by atoms with Crippen LogP contribution in [0.5, 0.6) is 0 Å². The van der Waals surface area contributed by atoms with E-state index in [-0.39, 0.29) is 11.6 Å². The van der Waals surface area contributed by atoms with Crippen molar-refractivity contribution in [1.82, 2.24) is 0 Å². The zero-order valence-electron chi connectivity index (χ0n) is 10.1. The van der Waals surface area contributed by atoms with Crippen molar-refractivity contribution in [2.75, 3.05) is 0 Å². The Labute approximate surface area is 114 Å². The molecule has 92 valence electrons. The molecule has 18 heavy (non-hydrogen) atoms. The minimum absolute atomic E-state index is 0.0718. The van der Waals surface area contributed by atoms with Crippen LogP contribution in [0.2, 0.25) is 0 Å². The second-order valence-corrected chi connectivity index (χ2v) is 5.16. The Hall–Kier alpha value is -1.48. The van der Waals surface area contributed by atoms with Crippen LogP contribution in [0.1, 0.15) is 27.0 Å². The van der Waals surface area contributed by atoms with Gasteiger partial charge in [0.15, 0.2) is 5.78 Å². The number of ketones is 1. The van der Waals surface area contributed by atoms with Crippen LogP contribution in [0, 0.1) is 19.7 Å². The molecule has 0 N–H and O–H groups in total. The average Bonchev–Trinajstić information content (AvgIpc) is 2.28. The van der Waals surface area contributed by atoms with Crippen molar-refractivity contribution in [3.8, 4) is 0 Å². The summed E-state index contributed by atoms with van der Waals surface area (Å²) >= 11 is 3.36. The Bertz CT molecular complexity index is 566. The van der Waals surface area contributed by atoms with E-state index >= 15 is 0 Å². The number of hydrogen-bond acceptors (Lipinski definition) is 1. The van der Waals surface area contributed by atoms with Crippen molar-refractivity contribution in [2.24, 2.45) is 0 Å². The zero-order valence-corrected chi connectivity index (χ0v) is 11.7. The number of aryl methyl sites for hydroxylation is 2. The highest BCUT2D eigenvalue weighted by Crippen LogP contribution is 2.21. The van der Waals surface area contributed by atoms with Crippen LogP contribution in [-0.2, 0) is 0 Å². The van der Waals surface area contributed by atoms with E-state index in [1.165, 1.54) is 18.2 Å². The fourth-order valence-corrected chi connectivity index (χ4v) is 2.38. The Morgan fingerprint density at radius 3 is 2.11 bits per heavy atom. The molecule has 0 aromatic heterocycles. The molecule has 0 spiro atoms. The zero-order chi connectivity index (χ0) is 13.3. The molecule has 2 aromatic rings. The van der Waals surface area contributed by atoms with E-state index in [1.807, 2.05) is 19.1 Å². The van der Waals surface area contributed by atoms with Gasteiger partial charge in [-0.2, -0.15) is 0 Å². The third-order valence-corrected chi connectivity index (χ3v) is 3.36. The lowest BCUT2D eigenvalue weighted by molar-refractivity contribution is 0.103. The summed E-state index contributed by atoms with van der Waals surface area (Å²) in [5.74, 6) is -0.394. The molecule has 0 saturated heterocycles. The number of carbonyl (C=O) groups is 1. The van der Waals surface area contributed by atoms with E-state index in [9.17, 15) is 9.18 Å². The lowest BCUT2D eigenvalue weighted by Gasteiger charge is -2.08. The minimum atomic E-state index is -0.323. The summed E-state index contributed by atoms with van der Waals surface area (Å²) in [6.07, 6.45) is 0. The van der Waals surface area contributed by atoms with Crippen LogP contribution < -0.4 is 0 Å². The Balaban J connectivity index is 2.48. The maximum absolute atomic E-state index is 13.0. The largest absolute Gasteiger partial charge is 0.289 e. The molecule has 0 fully saturated rings. The average molecular weight is 307 g/mol. The van der Waals surface area contributed by atoms with E-state index in [2.05, 4.69) is 15.9 Å². The molecule has 0 amide bonds. The smallest absolute Gasteiger partial charge is 0.193 e. The molecule has 0 saturated carbocycles. The third kappa shape index (κ3) is 2.51. The van der Waals surface area contributed by atoms with E-state index < -0.39 is 0 Å². The molecule has 0 atom stereocenters. The van der Waals surface area contributed by atoms with Crippen molar-refractivity contribution < 1.29 is 9.18 Å². The first-order valence-corrected chi connectivity index (χ1v) is 6.35. The highest BCUT2D eigenvalue weighted by Gasteiger charge is 2.14. The van der Waals surface area contributed by atoms with Gasteiger partial charge >= 0.3 is 0 Å². The highest BCUT2D eigenvalue weighted by atomic mass is 79.9. The van der Waals surface area contributed by atoms with Crippen LogP contribution in [0.4, 0.5) is 4.39 Å². The van der Waals surface area contributed by atoms with Crippen molar-refractivity contribution in [2.45, 2.75) is 13.8 Å². The first-order valence-electron chi connectivity index (χ1n) is 5.56. The molecule has 2 aromatic carbocycles. The quantitative estimate of drug-likeness (QED) is 0.750. The summed E-state index contributed by atoms with van der Waals surface area (Å²) in [5.41, 5.74) is 2.75. The molecule has 0 unspecified atom stereocenters. The maximum atomic E-state index is 13.0. The van der Waals surface area contributed by atoms with Gasteiger partial charge in [-0.05, 0) is 61.4 Å². The number of carbonyl (C=O) groups excluding carboxylic acids is 1. The molecule has 0 aliphatic carbocycles. The molecular formula is C15H12BrFO. The van der Waals surface area contributed by atoms with Gasteiger partial charge in [0.05, 0.1) is 0 Å². The molecule has 2 rings (SSSR count). The van der Waals surface area contributed by atoms with E-state index in [4.69, 9.17) is 0 Å². The van der Waals surface area contributed by atoms with E-state index in [0.717, 1.165) is 10.0 Å². The summed E-state index contributed by atoms with van der Waals surface area (Å²) < 4.78 is 14.0. The summed E-state index contributed by atoms with van der Waals surface area (Å²) in [6.45, 7) is 3.63. The van der Waals surface area contributed by atoms with Gasteiger partial charge in [-0.1, -0.05) is 15.9 Å². The topological polar surface area (TPSA) is 17.1 Å². The fourth-order valence-electron chi connectivity index (χ4n) is 1.91. The number of rotatable bonds is 2. The first-order chi connectivity index (χ1) is 8.49. The van der Waals surface area contributed by atoms with Gasteiger partial charge < -0.3 is 0 Å². The molecule has 0 radical (unpaired) electrons. The number of benzene rings is 2. The lowest BCUT2D eigenvalue weighted by atomic mass is 9.96. The Morgan fingerprint density at radius 2 is 1.56 bits per heavy atom. The van der Waals surface area contributed by atoms with Crippen LogP contribution in [0.3, 0.4) is 0 Å². The van der Waals surface area contributed by atoms with Crippen LogP contribution in [0.25, 0.3) is 0 Å². The van der Waals surface area contributed by atoms with Gasteiger partial charge in [0.1, 0.15) is 5.82 Å². The summed E-state index contributed by atoms with van der Waals surface area (Å²) in [7, 11) is 0. The van der Waals surface area contributed by atoms with Gasteiger partial charge in [-0.3, -0.25) is 4.79 Å². The lowest BCUT2D eigenvalue weighted by Crippen LogP contribution is -2.06. The SMILES string of the molecule is Cc1cc(F)ccc1C(=O)c1ccc(Br)cc1C. The van der Waals surface area contributed by atoms with Gasteiger partial charge in [-0.25, -0.2) is 4.39 Å². The molecule has 1 nitrogen and oxygen atoms in total. The Morgan fingerprint density at radius 1 is 1.00 bits per heavy atom. The van der Waals surface area contributed by atoms with Gasteiger partial charge in [0.2, 0.25) is 0 Å². The Kier molecular flexibility index (Phi) is 3.62. The summed E-state index contributed by atoms with van der Waals surface area (Å²) in [4.78, 5) is 12.4. The first kappa shape index (κ1) is 13.0. The van der Waals surface area contributed by atoms with E-state index in [0.29, 0.717) is 16.7 Å². The fraction of sp³-hybridized carbons (Fsp3) is 0.133. The molecule has 0 bridgehead atoms. The summed E-state index contributed by atoms with van der Waals surface area (Å²) in [5, 5.41) is 0. The summed E-state index contributed by atoms with van der Waals surface area (Å²) in [6, 6.07) is 9.74. The molecule has 0 aliphatic rings.